The molecule has 1 aromatic heterocycles. The van der Waals surface area contributed by atoms with Crippen LogP contribution in [-0.4, -0.2) is 32.3 Å². The van der Waals surface area contributed by atoms with Crippen LogP contribution in [0.4, 0.5) is 16.9 Å². The summed E-state index contributed by atoms with van der Waals surface area (Å²) in [7, 11) is 0. The van der Waals surface area contributed by atoms with Crippen LogP contribution in [0, 0.1) is 0 Å². The van der Waals surface area contributed by atoms with E-state index in [-0.39, 0.29) is 0 Å². The third-order valence-electron chi connectivity index (χ3n) is 7.28. The van der Waals surface area contributed by atoms with Gasteiger partial charge in [0.05, 0.1) is 6.61 Å². The van der Waals surface area contributed by atoms with E-state index in [0.29, 0.717) is 0 Å². The molecule has 0 aliphatic carbocycles. The Balaban J connectivity index is 0.000000860. The van der Waals surface area contributed by atoms with Crippen molar-refractivity contribution in [1.29, 1.82) is 0 Å². The second-order valence-corrected chi connectivity index (χ2v) is 18.9. The first-order valence-electron chi connectivity index (χ1n) is 16.0. The van der Waals surface area contributed by atoms with Crippen LogP contribution in [0.1, 0.15) is 115 Å². The number of hydrogen-bond acceptors (Lipinski definition) is 3. The van der Waals surface area contributed by atoms with Crippen molar-refractivity contribution in [2.45, 2.75) is 121 Å². The van der Waals surface area contributed by atoms with Crippen molar-refractivity contribution in [3.05, 3.63) is 54.1 Å². The van der Waals surface area contributed by atoms with E-state index in [4.69, 9.17) is 4.74 Å². The number of rotatable bonds is 21. The molecule has 0 fully saturated rings. The Hall–Kier alpha value is -1.12. The predicted molar refractivity (Wildman–Crippen MR) is 177 cm³/mol. The van der Waals surface area contributed by atoms with Crippen LogP contribution in [0.15, 0.2) is 52.9 Å². The van der Waals surface area contributed by atoms with Gasteiger partial charge in [-0.05, 0) is 54.8 Å². The number of halogens is 6. The van der Waals surface area contributed by atoms with E-state index in [1.807, 2.05) is 23.1 Å². The Morgan fingerprint density at radius 3 is 1.59 bits per heavy atom. The molecular weight excluding hydrogens is 726 g/mol. The van der Waals surface area contributed by atoms with Crippen molar-refractivity contribution in [2.75, 3.05) is 12.9 Å². The molecule has 1 heterocycles. The quantitative estimate of drug-likeness (QED) is 0.0351. The molecule has 0 N–H and O–H groups in total. The number of benzene rings is 2. The first kappa shape index (κ1) is 39.1. The van der Waals surface area contributed by atoms with Crippen LogP contribution in [0.5, 0.6) is 5.75 Å². The number of nitrogens with zero attached hydrogens (tertiary/aromatic N) is 1. The van der Waals surface area contributed by atoms with Gasteiger partial charge in [-0.15, -0.1) is 0 Å². The number of hydrogen-bond donors (Lipinski definition) is 0. The number of unbranched alkanes of at least 4 members (excludes halogenated alkanes) is 15. The molecule has 0 saturated heterocycles. The van der Waals surface area contributed by atoms with E-state index >= 15 is 0 Å². The monoisotopic (exact) mass is 775 g/mol. The van der Waals surface area contributed by atoms with Crippen molar-refractivity contribution < 1.29 is 26.2 Å². The Labute approximate surface area is 270 Å². The third-order valence-corrected chi connectivity index (χ3v) is 9.56. The zero-order valence-electron chi connectivity index (χ0n) is 26.2. The molecular formula is C33H50F6NOS2Sb. The SMILES string of the molecule is CCCCCCCCCCCCCCCCCCOc1ccc(C[n+]2c(SC)sc3ccccc32)cc1.[F][Sb-]([F])([F])([F])([F])[F]. The normalized spacial score (nSPS) is 13.3. The average molecular weight is 777 g/mol. The average Bonchev–Trinajstić information content (AvgIpc) is 3.31. The maximum absolute atomic E-state index is 11.2. The number of fused-ring (bicyclic) bond motifs is 1. The molecule has 11 heteroatoms. The number of ether oxygens (including phenoxy) is 1. The molecule has 0 aliphatic heterocycles. The summed E-state index contributed by atoms with van der Waals surface area (Å²) in [6.07, 6.45) is 24.6. The molecule has 0 saturated carbocycles. The van der Waals surface area contributed by atoms with E-state index in [0.717, 1.165) is 25.3 Å². The summed E-state index contributed by atoms with van der Waals surface area (Å²) < 4.78 is 70.7. The molecule has 0 aliphatic rings. The summed E-state index contributed by atoms with van der Waals surface area (Å²) in [4.78, 5) is 0. The number of thioether (sulfide) groups is 1. The second kappa shape index (κ2) is 18.9. The minimum absolute atomic E-state index is 0.832. The van der Waals surface area contributed by atoms with Crippen molar-refractivity contribution >= 4 is 52.8 Å². The Morgan fingerprint density at radius 2 is 1.11 bits per heavy atom. The standard InChI is InChI=1S/C33H50NOS2.6FH.Sb/c1-3-4-5-6-7-8-9-10-11-12-13-14-15-16-17-20-27-35-30-25-23-29(24-26-30)28-34-31-21-18-19-22-32(31)37-33(34)36-2;;;;;;;/h18-19,21-26H,3-17,20,27-28H2,1-2H3;6*1H;/q+1;;;;;;;+5/p-6. The summed E-state index contributed by atoms with van der Waals surface area (Å²) in [6.45, 7) is 4.03. The molecule has 2 aromatic carbocycles. The van der Waals surface area contributed by atoms with Crippen molar-refractivity contribution in [3.8, 4) is 5.75 Å². The van der Waals surface area contributed by atoms with Gasteiger partial charge in [0.15, 0.2) is 6.54 Å². The van der Waals surface area contributed by atoms with E-state index in [2.05, 4.69) is 66.3 Å². The summed E-state index contributed by atoms with van der Waals surface area (Å²) in [5.74, 6) is 0.995. The summed E-state index contributed by atoms with van der Waals surface area (Å²) in [5, 5.41) is 0. The molecule has 3 rings (SSSR count). The van der Waals surface area contributed by atoms with E-state index in [1.165, 1.54) is 116 Å². The zero-order chi connectivity index (χ0) is 32.4. The van der Waals surface area contributed by atoms with Gasteiger partial charge in [0.2, 0.25) is 5.52 Å². The maximum atomic E-state index is 9.93. The van der Waals surface area contributed by atoms with Gasteiger partial charge in [-0.1, -0.05) is 127 Å². The molecule has 0 amide bonds. The number of thiazole rings is 1. The zero-order valence-corrected chi connectivity index (χ0v) is 30.4. The van der Waals surface area contributed by atoms with Crippen LogP contribution < -0.4 is 9.30 Å². The Bertz CT molecular complexity index is 1190. The van der Waals surface area contributed by atoms with E-state index < -0.39 is 19.5 Å². The van der Waals surface area contributed by atoms with Crippen molar-refractivity contribution in [2.24, 2.45) is 0 Å². The van der Waals surface area contributed by atoms with Crippen LogP contribution in [0.3, 0.4) is 0 Å². The van der Waals surface area contributed by atoms with Gasteiger partial charge in [0, 0.05) is 11.6 Å². The number of para-hydroxylation sites is 1. The first-order valence-corrected chi connectivity index (χ1v) is 23.8. The van der Waals surface area contributed by atoms with Crippen LogP contribution in [0.25, 0.3) is 10.2 Å². The molecule has 0 unspecified atom stereocenters. The van der Waals surface area contributed by atoms with Gasteiger partial charge < -0.3 is 4.74 Å². The molecule has 0 bridgehead atoms. The van der Waals surface area contributed by atoms with Crippen molar-refractivity contribution in [1.82, 2.24) is 0 Å². The van der Waals surface area contributed by atoms with E-state index in [1.54, 1.807) is 0 Å². The molecule has 44 heavy (non-hydrogen) atoms. The minimum atomic E-state index is -11.2. The first-order chi connectivity index (χ1) is 20.8. The summed E-state index contributed by atoms with van der Waals surface area (Å²) >= 11 is -7.55. The fourth-order valence-electron chi connectivity index (χ4n) is 5.03. The van der Waals surface area contributed by atoms with Crippen LogP contribution >= 0.6 is 23.1 Å². The predicted octanol–water partition coefficient (Wildman–Crippen LogP) is 12.7. The summed E-state index contributed by atoms with van der Waals surface area (Å²) in [6, 6.07) is 17.4. The summed E-state index contributed by atoms with van der Waals surface area (Å²) in [5.41, 5.74) is 2.64. The topological polar surface area (TPSA) is 13.1 Å². The molecule has 0 radical (unpaired) electrons. The molecule has 0 atom stereocenters. The van der Waals surface area contributed by atoms with Gasteiger partial charge in [-0.3, -0.25) is 0 Å². The van der Waals surface area contributed by atoms with Gasteiger partial charge in [-0.25, -0.2) is 0 Å². The van der Waals surface area contributed by atoms with Gasteiger partial charge in [0.1, 0.15) is 10.4 Å². The van der Waals surface area contributed by atoms with Crippen LogP contribution in [-0.2, 0) is 6.54 Å². The van der Waals surface area contributed by atoms with Gasteiger partial charge in [-0.2, -0.15) is 4.57 Å². The molecule has 0 spiro atoms. The number of aromatic nitrogens is 1. The van der Waals surface area contributed by atoms with Gasteiger partial charge >= 0.3 is 36.4 Å². The fourth-order valence-corrected chi connectivity index (χ4v) is 6.91. The van der Waals surface area contributed by atoms with Crippen LogP contribution in [0.2, 0.25) is 0 Å². The fraction of sp³-hybridized carbons (Fsp3) is 0.606. The molecule has 2 nitrogen and oxygen atoms in total. The van der Waals surface area contributed by atoms with E-state index in [9.17, 15) is 16.9 Å². The second-order valence-electron chi connectivity index (χ2n) is 11.4. The van der Waals surface area contributed by atoms with Gasteiger partial charge in [0.25, 0.3) is 4.34 Å². The third kappa shape index (κ3) is 20.1. The molecule has 3 aromatic rings. The van der Waals surface area contributed by atoms with Crippen molar-refractivity contribution in [3.63, 3.8) is 0 Å². The Kier molecular flexibility index (Phi) is 16.8. The molecule has 252 valence electrons. The Morgan fingerprint density at radius 1 is 0.659 bits per heavy atom.